The Morgan fingerprint density at radius 2 is 0.797 bits per heavy atom. The maximum absolute atomic E-state index is 9.17. The van der Waals surface area contributed by atoms with Crippen molar-refractivity contribution in [1.82, 2.24) is 0 Å². The second-order valence-electron chi connectivity index (χ2n) is 25.1. The first-order chi connectivity index (χ1) is 29.4. The van der Waals surface area contributed by atoms with Crippen molar-refractivity contribution >= 4 is 35.1 Å². The fraction of sp³-hybridized carbons (Fsp3) is 0.533. The summed E-state index contributed by atoms with van der Waals surface area (Å²) < 4.78 is 0.0599. The molecule has 2 atom stereocenters. The molecule has 2 aliphatic rings. The molecule has 2 unspecified atom stereocenters. The van der Waals surface area contributed by atoms with Crippen molar-refractivity contribution in [3.63, 3.8) is 0 Å². The zero-order valence-electron chi connectivity index (χ0n) is 43.9. The van der Waals surface area contributed by atoms with Crippen LogP contribution in [0.4, 0.5) is 0 Å². The van der Waals surface area contributed by atoms with Gasteiger partial charge in [0.05, 0.1) is 0 Å². The van der Waals surface area contributed by atoms with E-state index in [4.69, 9.17) is 17.0 Å². The molecule has 2 aliphatic carbocycles. The molecule has 6 rings (SSSR count). The molecule has 347 valence electrons. The summed E-state index contributed by atoms with van der Waals surface area (Å²) in [7, 11) is 18.3. The van der Waals surface area contributed by atoms with Crippen molar-refractivity contribution in [1.29, 1.82) is 0 Å². The van der Waals surface area contributed by atoms with Gasteiger partial charge in [0.2, 0.25) is 0 Å². The van der Waals surface area contributed by atoms with E-state index in [0.29, 0.717) is 11.8 Å². The van der Waals surface area contributed by atoms with Crippen molar-refractivity contribution in [2.45, 2.75) is 192 Å². The Morgan fingerprint density at radius 3 is 1.03 bits per heavy atom. The van der Waals surface area contributed by atoms with Crippen LogP contribution in [0, 0.1) is 11.8 Å². The van der Waals surface area contributed by atoms with Gasteiger partial charge < -0.3 is 0 Å². The summed E-state index contributed by atoms with van der Waals surface area (Å²) in [6.07, 6.45) is 9.46. The van der Waals surface area contributed by atoms with Gasteiger partial charge in [0.1, 0.15) is 0 Å². The molecule has 0 fully saturated rings. The molecule has 0 saturated carbocycles. The summed E-state index contributed by atoms with van der Waals surface area (Å²) in [6, 6.07) is 24.9. The molecule has 0 bridgehead atoms. The van der Waals surface area contributed by atoms with Crippen LogP contribution in [0.15, 0.2) is 71.8 Å². The van der Waals surface area contributed by atoms with Gasteiger partial charge in [0.15, 0.2) is 0 Å². The third-order valence-corrected chi connectivity index (χ3v) is 66.8. The summed E-state index contributed by atoms with van der Waals surface area (Å²) in [6.45, 7) is 47.5. The quantitative estimate of drug-likeness (QED) is 0.131. The van der Waals surface area contributed by atoms with Gasteiger partial charge in [-0.2, -0.15) is 0 Å². The Morgan fingerprint density at radius 1 is 0.500 bits per heavy atom. The number of aryl methyl sites for hydroxylation is 2. The fourth-order valence-corrected chi connectivity index (χ4v) is 42.5. The molecule has 0 amide bonds. The van der Waals surface area contributed by atoms with Gasteiger partial charge in [-0.3, -0.25) is 0 Å². The van der Waals surface area contributed by atoms with Crippen molar-refractivity contribution in [3.05, 3.63) is 127 Å². The Bertz CT molecular complexity index is 2250. The molecule has 64 heavy (non-hydrogen) atoms. The molecular weight excluding hydrogens is 911 g/mol. The number of hydrogen-bond donors (Lipinski definition) is 0. The number of halogens is 2. The topological polar surface area (TPSA) is 0 Å². The van der Waals surface area contributed by atoms with Crippen molar-refractivity contribution in [2.24, 2.45) is 11.8 Å². The molecule has 0 aliphatic heterocycles. The second-order valence-corrected chi connectivity index (χ2v) is 67.7. The molecule has 0 radical (unpaired) electrons. The number of fused-ring (bicyclic) bond motifs is 2. The summed E-state index contributed by atoms with van der Waals surface area (Å²) in [4.78, 5) is 0. The standard InChI is InChI=1S/2C29H39.C2H7Si.2ClH.Zr/c2*1-10-11-20-12-13-21-14-22(19(2)3)17-26(21)27(20)23-15-24(28(4,5)6)18-25(16-23)29(7,8)9;1-3-2;;;/h2*12-19H,10-11H2,1-9H3;3H,1-2H3;2*1H;/q;;;;;+2/p-2. The van der Waals surface area contributed by atoms with Gasteiger partial charge in [-0.25, -0.2) is 0 Å². The zero-order chi connectivity index (χ0) is 47.9. The van der Waals surface area contributed by atoms with E-state index in [0.717, 1.165) is 25.7 Å². The van der Waals surface area contributed by atoms with Crippen LogP contribution >= 0.6 is 17.0 Å². The van der Waals surface area contributed by atoms with Gasteiger partial charge in [-0.05, 0) is 0 Å². The van der Waals surface area contributed by atoms with E-state index in [-0.39, 0.29) is 28.9 Å². The Labute approximate surface area is 401 Å². The Balaban J connectivity index is 1.71. The summed E-state index contributed by atoms with van der Waals surface area (Å²) in [5, 5.41) is 0. The second kappa shape index (κ2) is 17.8. The number of allylic oxidation sites excluding steroid dienone is 2. The van der Waals surface area contributed by atoms with E-state index in [9.17, 15) is 0 Å². The SMILES string of the molecule is CCCc1ccc2c(c1-c1cc(C(C)(C)C)cc(C(C)(C)C)c1)C=C(C(C)C)[CH]2[Zr]([Cl])([Cl])([CH]1C(C(C)C)=Cc2c1ccc(CCC)c2-c1cc(C(C)(C)C)cc(C(C)(C)C)c1)[SiH](C)C. The molecule has 0 saturated heterocycles. The van der Waals surface area contributed by atoms with Crippen LogP contribution in [0.3, 0.4) is 0 Å². The average molecular weight is 997 g/mol. The first-order valence-electron chi connectivity index (χ1n) is 25.0. The Hall–Kier alpha value is -1.96. The van der Waals surface area contributed by atoms with Gasteiger partial charge in [-0.1, -0.05) is 0 Å². The molecule has 4 aromatic carbocycles. The molecule has 0 N–H and O–H groups in total. The first kappa shape index (κ1) is 51.4. The third kappa shape index (κ3) is 9.30. The molecule has 0 aromatic heterocycles. The Kier molecular flexibility index (Phi) is 14.3. The molecule has 0 spiro atoms. The molecule has 4 aromatic rings. The van der Waals surface area contributed by atoms with Gasteiger partial charge >= 0.3 is 405 Å². The third-order valence-electron chi connectivity index (χ3n) is 15.1. The minimum absolute atomic E-state index is 0.0131. The van der Waals surface area contributed by atoms with E-state index < -0.39 is 21.5 Å². The summed E-state index contributed by atoms with van der Waals surface area (Å²) >= 11 is -5.15. The van der Waals surface area contributed by atoms with Crippen molar-refractivity contribution < 1.29 is 15.6 Å². The van der Waals surface area contributed by atoms with E-state index in [1.54, 1.807) is 0 Å². The molecule has 4 heteroatoms. The van der Waals surface area contributed by atoms with Crippen molar-refractivity contribution in [3.8, 4) is 22.3 Å². The summed E-state index contributed by atoms with van der Waals surface area (Å²) in [5.74, 6) is -1.19. The molecule has 0 heterocycles. The van der Waals surface area contributed by atoms with Crippen LogP contribution in [-0.2, 0) is 50.1 Å². The zero-order valence-corrected chi connectivity index (χ0v) is 49.0. The van der Waals surface area contributed by atoms with Crippen LogP contribution in [0.2, 0.25) is 13.1 Å². The van der Waals surface area contributed by atoms with Gasteiger partial charge in [0.25, 0.3) is 0 Å². The summed E-state index contributed by atoms with van der Waals surface area (Å²) in [5.41, 5.74) is 22.4. The van der Waals surface area contributed by atoms with E-state index in [2.05, 4.69) is 211 Å². The normalized spacial score (nSPS) is 17.8. The average Bonchev–Trinajstić information content (AvgIpc) is 3.78. The monoisotopic (exact) mass is 993 g/mol. The predicted octanol–water partition coefficient (Wildman–Crippen LogP) is 19.0. The fourth-order valence-electron chi connectivity index (χ4n) is 11.0. The number of rotatable bonds is 11. The van der Waals surface area contributed by atoms with Gasteiger partial charge in [-0.15, -0.1) is 0 Å². The van der Waals surface area contributed by atoms with Gasteiger partial charge in [0, 0.05) is 0 Å². The van der Waals surface area contributed by atoms with E-state index in [1.807, 2.05) is 0 Å². The van der Waals surface area contributed by atoms with Crippen molar-refractivity contribution in [2.75, 3.05) is 0 Å². The van der Waals surface area contributed by atoms with Crippen LogP contribution in [0.25, 0.3) is 34.4 Å². The number of benzene rings is 4. The maximum atomic E-state index is 9.17. The first-order valence-corrected chi connectivity index (χ1v) is 41.3. The molecule has 0 nitrogen and oxygen atoms in total. The van der Waals surface area contributed by atoms with Crippen LogP contribution < -0.4 is 0 Å². The number of hydrogen-bond acceptors (Lipinski definition) is 0. The van der Waals surface area contributed by atoms with Crippen LogP contribution in [0.5, 0.6) is 0 Å². The predicted molar refractivity (Wildman–Crippen MR) is 288 cm³/mol. The van der Waals surface area contributed by atoms with E-state index >= 15 is 0 Å². The molecular formula is C60H85Cl2SiZr. The van der Waals surface area contributed by atoms with E-state index in [1.165, 1.54) is 89.0 Å². The minimum atomic E-state index is -5.15. The van der Waals surface area contributed by atoms with Crippen LogP contribution in [-0.4, -0.2) is 5.92 Å². The van der Waals surface area contributed by atoms with Crippen LogP contribution in [0.1, 0.15) is 200 Å².